The molecule has 2 amide bonds. The second kappa shape index (κ2) is 15.1. The van der Waals surface area contributed by atoms with Crippen LogP contribution in [0.1, 0.15) is 16.8 Å². The van der Waals surface area contributed by atoms with Gasteiger partial charge in [-0.25, -0.2) is 4.68 Å². The minimum atomic E-state index is -1.84. The number of carboxylic acid groups (broad SMARTS) is 1. The summed E-state index contributed by atoms with van der Waals surface area (Å²) in [5, 5.41) is 48.4. The Morgan fingerprint density at radius 3 is 2.30 bits per heavy atom. The van der Waals surface area contributed by atoms with Crippen molar-refractivity contribution in [2.45, 2.75) is 43.7 Å². The van der Waals surface area contributed by atoms with Gasteiger partial charge in [0.05, 0.1) is 51.7 Å². The van der Waals surface area contributed by atoms with Gasteiger partial charge in [0.2, 0.25) is 5.91 Å². The van der Waals surface area contributed by atoms with E-state index < -0.39 is 36.7 Å². The number of β-lactam (4-membered cyclic amide) rings is 1. The van der Waals surface area contributed by atoms with Crippen molar-refractivity contribution < 1.29 is 83.3 Å². The number of nitrogens with zero attached hydrogens (tertiary/aromatic N) is 4. The average Bonchev–Trinajstić information content (AvgIpc) is 3.39. The Hall–Kier alpha value is -2.31. The van der Waals surface area contributed by atoms with Gasteiger partial charge in [-0.3, -0.25) is 14.5 Å². The number of carbonyl (C=O) groups excluding carboxylic acids is 3. The van der Waals surface area contributed by atoms with E-state index in [1.165, 1.54) is 4.90 Å². The van der Waals surface area contributed by atoms with E-state index in [9.17, 15) is 34.8 Å². The predicted molar refractivity (Wildman–Crippen MR) is 125 cm³/mol. The zero-order chi connectivity index (χ0) is 27.9. The number of aliphatic hydroxyl groups excluding tert-OH is 3. The standard InChI is InChI=1S/C24H30N4O11.Na/c29-17-5-6-28(17)22(33)15-3-1-14(2-4-15)16-13-27(26-25-16)7-8-36-9-10-37-11-12-38-24-20(32)18(30)19(31)21(39-24)23(34)35;/h1-4,13,18-21,24,30-32H,5-12H2,(H,34,35);/q;+1/p-1/t18-,19-,20+,21-,24?;/m0./s1. The third-order valence-electron chi connectivity index (χ3n) is 6.21. The van der Waals surface area contributed by atoms with Crippen LogP contribution in [0.3, 0.4) is 0 Å². The van der Waals surface area contributed by atoms with Gasteiger partial charge < -0.3 is 44.2 Å². The quantitative estimate of drug-likeness (QED) is 0.0886. The minimum Gasteiger partial charge on any atom is -0.547 e. The number of benzene rings is 1. The Kier molecular flexibility index (Phi) is 12.1. The SMILES string of the molecule is O=C([O-])[C@H]1OC(OCCOCCOCCn2cc(-c3ccc(C(=O)N4CCC4=O)cc3)nn2)[C@H](O)[C@@H](O)[C@@H]1O.[Na+]. The summed E-state index contributed by atoms with van der Waals surface area (Å²) in [6, 6.07) is 6.80. The molecule has 40 heavy (non-hydrogen) atoms. The van der Waals surface area contributed by atoms with Gasteiger partial charge in [0.15, 0.2) is 6.29 Å². The summed E-state index contributed by atoms with van der Waals surface area (Å²) in [6.45, 7) is 1.74. The number of hydrogen-bond acceptors (Lipinski definition) is 13. The molecular formula is C24H29N4NaO11. The fraction of sp³-hybridized carbons (Fsp3) is 0.542. The fourth-order valence-corrected chi connectivity index (χ4v) is 3.89. The summed E-state index contributed by atoms with van der Waals surface area (Å²) in [4.78, 5) is 35.9. The Morgan fingerprint density at radius 1 is 1.00 bits per heavy atom. The van der Waals surface area contributed by atoms with E-state index in [1.54, 1.807) is 35.1 Å². The number of hydrogen-bond donors (Lipinski definition) is 3. The van der Waals surface area contributed by atoms with Crippen LogP contribution >= 0.6 is 0 Å². The molecule has 3 N–H and O–H groups in total. The maximum atomic E-state index is 12.3. The third-order valence-corrected chi connectivity index (χ3v) is 6.21. The monoisotopic (exact) mass is 572 g/mol. The van der Waals surface area contributed by atoms with E-state index in [1.807, 2.05) is 0 Å². The molecule has 1 aromatic heterocycles. The number of aliphatic hydroxyl groups is 3. The number of amides is 2. The predicted octanol–water partition coefficient (Wildman–Crippen LogP) is -6.07. The summed E-state index contributed by atoms with van der Waals surface area (Å²) in [7, 11) is 0. The smallest absolute Gasteiger partial charge is 0.547 e. The zero-order valence-corrected chi connectivity index (χ0v) is 23.8. The van der Waals surface area contributed by atoms with Crippen molar-refractivity contribution in [3.8, 4) is 11.3 Å². The molecule has 0 bridgehead atoms. The van der Waals surface area contributed by atoms with Gasteiger partial charge in [0, 0.05) is 24.1 Å². The van der Waals surface area contributed by atoms with E-state index in [-0.39, 0.29) is 67.8 Å². The molecule has 4 rings (SSSR count). The van der Waals surface area contributed by atoms with E-state index in [0.717, 1.165) is 5.56 Å². The molecule has 212 valence electrons. The molecule has 15 nitrogen and oxygen atoms in total. The maximum Gasteiger partial charge on any atom is 1.00 e. The van der Waals surface area contributed by atoms with Crippen molar-refractivity contribution in [1.29, 1.82) is 0 Å². The number of aromatic nitrogens is 3. The van der Waals surface area contributed by atoms with Gasteiger partial charge in [0.1, 0.15) is 30.1 Å². The molecule has 1 aromatic carbocycles. The largest absolute Gasteiger partial charge is 1.00 e. The summed E-state index contributed by atoms with van der Waals surface area (Å²) in [6.07, 6.45) is -6.39. The molecule has 1 unspecified atom stereocenters. The molecule has 0 spiro atoms. The first-order chi connectivity index (χ1) is 18.8. The van der Waals surface area contributed by atoms with Crippen LogP contribution in [0.25, 0.3) is 11.3 Å². The molecule has 0 saturated carbocycles. The minimum absolute atomic E-state index is 0. The number of imide groups is 1. The normalized spacial score (nSPS) is 24.3. The van der Waals surface area contributed by atoms with Crippen LogP contribution in [0.5, 0.6) is 0 Å². The molecule has 5 atom stereocenters. The van der Waals surface area contributed by atoms with Crippen molar-refractivity contribution in [3.05, 3.63) is 36.0 Å². The number of carboxylic acids is 1. The van der Waals surface area contributed by atoms with Crippen molar-refractivity contribution in [3.63, 3.8) is 0 Å². The van der Waals surface area contributed by atoms with Gasteiger partial charge in [-0.1, -0.05) is 17.3 Å². The molecule has 0 aliphatic carbocycles. The van der Waals surface area contributed by atoms with Crippen LogP contribution in [0.15, 0.2) is 30.5 Å². The fourth-order valence-electron chi connectivity index (χ4n) is 3.89. The number of carbonyl (C=O) groups is 3. The molecule has 2 aromatic rings. The molecule has 2 aliphatic rings. The van der Waals surface area contributed by atoms with E-state index >= 15 is 0 Å². The van der Waals surface area contributed by atoms with Crippen molar-refractivity contribution in [1.82, 2.24) is 19.9 Å². The molecule has 16 heteroatoms. The summed E-state index contributed by atoms with van der Waals surface area (Å²) >= 11 is 0. The number of rotatable bonds is 13. The first-order valence-corrected chi connectivity index (χ1v) is 12.3. The molecule has 2 aliphatic heterocycles. The third kappa shape index (κ3) is 7.91. The first kappa shape index (κ1) is 32.2. The van der Waals surface area contributed by atoms with Crippen molar-refractivity contribution >= 4 is 17.8 Å². The topological polar surface area (TPSA) is 206 Å². The van der Waals surface area contributed by atoms with E-state index in [4.69, 9.17) is 18.9 Å². The summed E-state index contributed by atoms with van der Waals surface area (Å²) < 4.78 is 22.6. The van der Waals surface area contributed by atoms with E-state index in [2.05, 4.69) is 10.3 Å². The van der Waals surface area contributed by atoms with Crippen LogP contribution in [0.2, 0.25) is 0 Å². The van der Waals surface area contributed by atoms with Gasteiger partial charge >= 0.3 is 29.6 Å². The number of ether oxygens (including phenoxy) is 4. The van der Waals surface area contributed by atoms with Crippen molar-refractivity contribution in [2.24, 2.45) is 0 Å². The first-order valence-electron chi connectivity index (χ1n) is 12.3. The second-order valence-electron chi connectivity index (χ2n) is 8.86. The number of likely N-dealkylation sites (tertiary alicyclic amines) is 1. The Labute approximate surface area is 250 Å². The molecule has 2 saturated heterocycles. The molecule has 2 fully saturated rings. The van der Waals surface area contributed by atoms with E-state index in [0.29, 0.717) is 37.4 Å². The molecular weight excluding hydrogens is 543 g/mol. The van der Waals surface area contributed by atoms with Gasteiger partial charge in [0.25, 0.3) is 5.91 Å². The molecule has 0 radical (unpaired) electrons. The van der Waals surface area contributed by atoms with Crippen LogP contribution in [-0.2, 0) is 35.1 Å². The van der Waals surface area contributed by atoms with Crippen LogP contribution in [0, 0.1) is 0 Å². The van der Waals surface area contributed by atoms with Crippen molar-refractivity contribution in [2.75, 3.05) is 39.6 Å². The number of aliphatic carboxylic acids is 1. The van der Waals surface area contributed by atoms with Gasteiger partial charge in [-0.05, 0) is 12.1 Å². The van der Waals surface area contributed by atoms with Crippen LogP contribution in [0.4, 0.5) is 0 Å². The average molecular weight is 573 g/mol. The zero-order valence-electron chi connectivity index (χ0n) is 21.8. The summed E-state index contributed by atoms with van der Waals surface area (Å²) in [5.74, 6) is -2.21. The van der Waals surface area contributed by atoms with Gasteiger partial charge in [-0.2, -0.15) is 0 Å². The Morgan fingerprint density at radius 2 is 1.68 bits per heavy atom. The van der Waals surface area contributed by atoms with Crippen LogP contribution < -0.4 is 34.7 Å². The van der Waals surface area contributed by atoms with Gasteiger partial charge in [-0.15, -0.1) is 5.10 Å². The molecule has 3 heterocycles. The second-order valence-corrected chi connectivity index (χ2v) is 8.86. The Balaban J connectivity index is 0.00000441. The summed E-state index contributed by atoms with van der Waals surface area (Å²) in [5.41, 5.74) is 1.83. The van der Waals surface area contributed by atoms with Crippen LogP contribution in [-0.4, -0.2) is 123 Å². The Bertz CT molecular complexity index is 1150. The maximum absolute atomic E-state index is 12.3.